The number of aldehydes is 1. The summed E-state index contributed by atoms with van der Waals surface area (Å²) in [6.07, 6.45) is 1.94. The Kier molecular flexibility index (Phi) is 4.56. The summed E-state index contributed by atoms with van der Waals surface area (Å²) in [5.74, 6) is 1.68. The minimum atomic E-state index is 0.217. The molecule has 0 fully saturated rings. The molecular formula is C12H18O3. The molecule has 0 bridgehead atoms. The van der Waals surface area contributed by atoms with E-state index in [2.05, 4.69) is 13.8 Å². The quantitative estimate of drug-likeness (QED) is 0.677. The van der Waals surface area contributed by atoms with Crippen molar-refractivity contribution in [3.05, 3.63) is 23.7 Å². The second kappa shape index (κ2) is 5.71. The highest BCUT2D eigenvalue weighted by Gasteiger charge is 2.07. The summed E-state index contributed by atoms with van der Waals surface area (Å²) in [5.41, 5.74) is 0. The average Bonchev–Trinajstić information content (AvgIpc) is 2.61. The zero-order valence-electron chi connectivity index (χ0n) is 9.53. The van der Waals surface area contributed by atoms with Gasteiger partial charge in [-0.15, -0.1) is 0 Å². The van der Waals surface area contributed by atoms with Crippen LogP contribution in [0, 0.1) is 5.92 Å². The average molecular weight is 210 g/mol. The molecule has 1 heterocycles. The third kappa shape index (κ3) is 4.30. The first-order chi connectivity index (χ1) is 7.11. The van der Waals surface area contributed by atoms with Gasteiger partial charge in [-0.05, 0) is 31.4 Å². The van der Waals surface area contributed by atoms with Crippen molar-refractivity contribution in [3.63, 3.8) is 0 Å². The Hall–Kier alpha value is -1.09. The van der Waals surface area contributed by atoms with Crippen LogP contribution in [0.1, 0.15) is 43.5 Å². The molecule has 1 aromatic rings. The second-order valence-electron chi connectivity index (χ2n) is 4.17. The van der Waals surface area contributed by atoms with Crippen LogP contribution in [0.4, 0.5) is 0 Å². The van der Waals surface area contributed by atoms with E-state index in [9.17, 15) is 4.79 Å². The Morgan fingerprint density at radius 1 is 1.40 bits per heavy atom. The summed E-state index contributed by atoms with van der Waals surface area (Å²) in [6.45, 7) is 6.81. The van der Waals surface area contributed by atoms with Gasteiger partial charge in [-0.3, -0.25) is 4.79 Å². The van der Waals surface area contributed by atoms with Crippen LogP contribution in [0.2, 0.25) is 0 Å². The van der Waals surface area contributed by atoms with Gasteiger partial charge < -0.3 is 9.15 Å². The molecule has 0 radical (unpaired) electrons. The van der Waals surface area contributed by atoms with Crippen molar-refractivity contribution in [1.82, 2.24) is 0 Å². The molecule has 15 heavy (non-hydrogen) atoms. The van der Waals surface area contributed by atoms with Crippen molar-refractivity contribution >= 4 is 6.29 Å². The van der Waals surface area contributed by atoms with Crippen LogP contribution in [0.15, 0.2) is 16.5 Å². The van der Waals surface area contributed by atoms with E-state index in [0.29, 0.717) is 30.3 Å². The van der Waals surface area contributed by atoms with E-state index in [1.807, 2.05) is 6.92 Å². The van der Waals surface area contributed by atoms with E-state index in [0.717, 1.165) is 6.42 Å². The molecule has 84 valence electrons. The van der Waals surface area contributed by atoms with Crippen molar-refractivity contribution in [3.8, 4) is 0 Å². The highest BCUT2D eigenvalue weighted by Crippen LogP contribution is 2.12. The van der Waals surface area contributed by atoms with Gasteiger partial charge >= 0.3 is 0 Å². The number of carbonyl (C=O) groups excluding carboxylic acids is 1. The van der Waals surface area contributed by atoms with Crippen molar-refractivity contribution < 1.29 is 13.9 Å². The number of rotatable bonds is 6. The van der Waals surface area contributed by atoms with Crippen LogP contribution in [0.3, 0.4) is 0 Å². The molecule has 0 aliphatic rings. The molecular weight excluding hydrogens is 192 g/mol. The van der Waals surface area contributed by atoms with E-state index in [1.54, 1.807) is 12.1 Å². The van der Waals surface area contributed by atoms with Crippen LogP contribution in [-0.4, -0.2) is 12.4 Å². The number of hydrogen-bond acceptors (Lipinski definition) is 3. The van der Waals surface area contributed by atoms with E-state index < -0.39 is 0 Å². The Morgan fingerprint density at radius 2 is 2.13 bits per heavy atom. The van der Waals surface area contributed by atoms with Gasteiger partial charge in [-0.2, -0.15) is 0 Å². The molecule has 0 saturated heterocycles. The predicted molar refractivity (Wildman–Crippen MR) is 57.8 cm³/mol. The first-order valence-electron chi connectivity index (χ1n) is 5.27. The van der Waals surface area contributed by atoms with E-state index >= 15 is 0 Å². The summed E-state index contributed by atoms with van der Waals surface area (Å²) >= 11 is 0. The topological polar surface area (TPSA) is 39.4 Å². The SMILES string of the molecule is CC(C)CC(C)OCc1ccc(C=O)o1. The smallest absolute Gasteiger partial charge is 0.185 e. The molecule has 0 aliphatic heterocycles. The van der Waals surface area contributed by atoms with Crippen LogP contribution in [-0.2, 0) is 11.3 Å². The van der Waals surface area contributed by atoms with Gasteiger partial charge in [-0.1, -0.05) is 13.8 Å². The summed E-state index contributed by atoms with van der Waals surface area (Å²) in [5, 5.41) is 0. The maximum absolute atomic E-state index is 10.4. The third-order valence-corrected chi connectivity index (χ3v) is 2.11. The summed E-state index contributed by atoms with van der Waals surface area (Å²) in [6, 6.07) is 3.42. The Morgan fingerprint density at radius 3 is 2.67 bits per heavy atom. The Labute approximate surface area is 90.4 Å². The molecule has 3 heteroatoms. The summed E-state index contributed by atoms with van der Waals surface area (Å²) in [7, 11) is 0. The van der Waals surface area contributed by atoms with Gasteiger partial charge in [0.25, 0.3) is 0 Å². The van der Waals surface area contributed by atoms with Crippen LogP contribution in [0.25, 0.3) is 0 Å². The fourth-order valence-corrected chi connectivity index (χ4v) is 1.49. The maximum atomic E-state index is 10.4. The van der Waals surface area contributed by atoms with Gasteiger partial charge in [0, 0.05) is 0 Å². The van der Waals surface area contributed by atoms with Gasteiger partial charge in [0.1, 0.15) is 12.4 Å². The highest BCUT2D eigenvalue weighted by atomic mass is 16.5. The summed E-state index contributed by atoms with van der Waals surface area (Å²) in [4.78, 5) is 10.4. The predicted octanol–water partition coefficient (Wildman–Crippen LogP) is 3.04. The maximum Gasteiger partial charge on any atom is 0.185 e. The van der Waals surface area contributed by atoms with Gasteiger partial charge in [0.2, 0.25) is 0 Å². The Balaban J connectivity index is 2.33. The number of hydrogen-bond donors (Lipinski definition) is 0. The number of carbonyl (C=O) groups is 1. The van der Waals surface area contributed by atoms with E-state index in [1.165, 1.54) is 0 Å². The van der Waals surface area contributed by atoms with Crippen molar-refractivity contribution in [1.29, 1.82) is 0 Å². The van der Waals surface area contributed by atoms with Gasteiger partial charge in [0.05, 0.1) is 6.10 Å². The molecule has 0 aliphatic carbocycles. The largest absolute Gasteiger partial charge is 0.456 e. The molecule has 1 aromatic heterocycles. The van der Waals surface area contributed by atoms with Crippen molar-refractivity contribution in [2.75, 3.05) is 0 Å². The van der Waals surface area contributed by atoms with Gasteiger partial charge in [0.15, 0.2) is 12.0 Å². The molecule has 0 saturated carbocycles. The number of ether oxygens (including phenoxy) is 1. The first-order valence-corrected chi connectivity index (χ1v) is 5.27. The lowest BCUT2D eigenvalue weighted by molar-refractivity contribution is 0.0300. The Bertz CT molecular complexity index is 302. The molecule has 1 rings (SSSR count). The van der Waals surface area contributed by atoms with Crippen LogP contribution < -0.4 is 0 Å². The lowest BCUT2D eigenvalue weighted by Gasteiger charge is -2.13. The number of furan rings is 1. The monoisotopic (exact) mass is 210 g/mol. The normalized spacial score (nSPS) is 13.1. The standard InChI is InChI=1S/C12H18O3/c1-9(2)6-10(3)14-8-12-5-4-11(7-13)15-12/h4-5,7,9-10H,6,8H2,1-3H3. The van der Waals surface area contributed by atoms with E-state index in [-0.39, 0.29) is 6.10 Å². The van der Waals surface area contributed by atoms with Crippen molar-refractivity contribution in [2.45, 2.75) is 39.9 Å². The van der Waals surface area contributed by atoms with Gasteiger partial charge in [-0.25, -0.2) is 0 Å². The molecule has 0 spiro atoms. The summed E-state index contributed by atoms with van der Waals surface area (Å²) < 4.78 is 10.8. The van der Waals surface area contributed by atoms with Crippen LogP contribution in [0.5, 0.6) is 0 Å². The zero-order valence-corrected chi connectivity index (χ0v) is 9.53. The molecule has 0 N–H and O–H groups in total. The first kappa shape index (κ1) is 12.0. The van der Waals surface area contributed by atoms with Crippen LogP contribution >= 0.6 is 0 Å². The lowest BCUT2D eigenvalue weighted by Crippen LogP contribution is -2.10. The third-order valence-electron chi connectivity index (χ3n) is 2.11. The molecule has 0 aromatic carbocycles. The lowest BCUT2D eigenvalue weighted by atomic mass is 10.1. The minimum Gasteiger partial charge on any atom is -0.456 e. The minimum absolute atomic E-state index is 0.217. The molecule has 3 nitrogen and oxygen atoms in total. The van der Waals surface area contributed by atoms with Crippen molar-refractivity contribution in [2.24, 2.45) is 5.92 Å². The molecule has 1 unspecified atom stereocenters. The molecule has 0 amide bonds. The fraction of sp³-hybridized carbons (Fsp3) is 0.583. The molecule has 1 atom stereocenters. The highest BCUT2D eigenvalue weighted by molar-refractivity contribution is 5.70. The fourth-order valence-electron chi connectivity index (χ4n) is 1.49. The van der Waals surface area contributed by atoms with E-state index in [4.69, 9.17) is 9.15 Å². The zero-order chi connectivity index (χ0) is 11.3. The second-order valence-corrected chi connectivity index (χ2v) is 4.17.